The fraction of sp³-hybridized carbons (Fsp3) is 0.538. The lowest BCUT2D eigenvalue weighted by molar-refractivity contribution is 0.113. The number of benzene rings is 2. The van der Waals surface area contributed by atoms with E-state index in [0.717, 1.165) is 31.1 Å². The van der Waals surface area contributed by atoms with Crippen molar-refractivity contribution in [2.75, 3.05) is 6.61 Å². The van der Waals surface area contributed by atoms with Crippen LogP contribution < -0.4 is 4.74 Å². The van der Waals surface area contributed by atoms with Gasteiger partial charge in [-0.3, -0.25) is 0 Å². The molecule has 162 valence electrons. The summed E-state index contributed by atoms with van der Waals surface area (Å²) in [6.07, 6.45) is 10.8. The van der Waals surface area contributed by atoms with Crippen LogP contribution in [-0.4, -0.2) is 6.61 Å². The molecule has 2 aromatic rings. The summed E-state index contributed by atoms with van der Waals surface area (Å²) in [7, 11) is 0. The lowest BCUT2D eigenvalue weighted by atomic mass is 9.63. The van der Waals surface area contributed by atoms with E-state index in [9.17, 15) is 8.78 Å². The average molecular weight is 417 g/mol. The first kappa shape index (κ1) is 21.3. The van der Waals surface area contributed by atoms with Gasteiger partial charge in [-0.15, -0.1) is 0 Å². The zero-order valence-corrected chi connectivity index (χ0v) is 17.7. The second kappa shape index (κ2) is 9.03. The Morgan fingerprint density at radius 3 is 2.53 bits per heavy atom. The van der Waals surface area contributed by atoms with Crippen molar-refractivity contribution < 1.29 is 17.9 Å². The van der Waals surface area contributed by atoms with Crippen molar-refractivity contribution in [3.8, 4) is 5.75 Å². The molecule has 0 N–H and O–H groups in total. The maximum Gasteiger partial charge on any atom is 0.201 e. The van der Waals surface area contributed by atoms with Crippen LogP contribution in [0.2, 0.25) is 0 Å². The first-order valence-electron chi connectivity index (χ1n) is 11.4. The summed E-state index contributed by atoms with van der Waals surface area (Å²) in [5.41, 5.74) is 0.537. The van der Waals surface area contributed by atoms with Crippen molar-refractivity contribution in [3.63, 3.8) is 0 Å². The molecular formula is C26H31F3O. The zero-order chi connectivity index (χ0) is 21.3. The molecule has 4 atom stereocenters. The molecule has 2 fully saturated rings. The fourth-order valence-corrected chi connectivity index (χ4v) is 5.88. The highest BCUT2D eigenvalue weighted by Crippen LogP contribution is 2.49. The number of fused-ring (bicyclic) bond motifs is 2. The smallest absolute Gasteiger partial charge is 0.201 e. The first-order valence-corrected chi connectivity index (χ1v) is 11.4. The number of rotatable bonds is 6. The summed E-state index contributed by atoms with van der Waals surface area (Å²) in [6, 6.07) is 4.83. The molecule has 4 rings (SSSR count). The first-order chi connectivity index (χ1) is 14.5. The van der Waals surface area contributed by atoms with E-state index in [-0.39, 0.29) is 23.7 Å². The van der Waals surface area contributed by atoms with Gasteiger partial charge < -0.3 is 4.74 Å². The molecule has 1 nitrogen and oxygen atoms in total. The molecule has 0 heterocycles. The van der Waals surface area contributed by atoms with Gasteiger partial charge in [-0.2, -0.15) is 4.39 Å². The van der Waals surface area contributed by atoms with E-state index < -0.39 is 17.5 Å². The molecule has 4 heteroatoms. The third-order valence-electron chi connectivity index (χ3n) is 7.33. The standard InChI is InChI=1S/C26H31F3O/c1-3-5-16-6-7-18-14-19(9-8-17(18)13-16)21-11-10-20-15-22(30-12-4-2)25(28)26(29)23(20)24(21)27/h4,10-11,15-19H,2-3,5-9,12-14H2,1H3/t16?,17-,18?,19-/m1/s1. The van der Waals surface area contributed by atoms with Gasteiger partial charge in [0.05, 0.1) is 5.39 Å². The minimum atomic E-state index is -1.17. The van der Waals surface area contributed by atoms with Crippen molar-refractivity contribution in [2.45, 2.75) is 64.2 Å². The molecular weight excluding hydrogens is 385 g/mol. The van der Waals surface area contributed by atoms with Crippen molar-refractivity contribution in [1.29, 1.82) is 0 Å². The molecule has 2 aliphatic carbocycles. The maximum atomic E-state index is 15.4. The largest absolute Gasteiger partial charge is 0.486 e. The Bertz CT molecular complexity index is 922. The Morgan fingerprint density at radius 1 is 1.00 bits per heavy atom. The highest BCUT2D eigenvalue weighted by atomic mass is 19.2. The molecule has 2 saturated carbocycles. The van der Waals surface area contributed by atoms with Crippen molar-refractivity contribution >= 4 is 10.8 Å². The minimum Gasteiger partial charge on any atom is -0.486 e. The van der Waals surface area contributed by atoms with Crippen LogP contribution in [-0.2, 0) is 0 Å². The monoisotopic (exact) mass is 416 g/mol. The molecule has 0 aromatic heterocycles. The Hall–Kier alpha value is -1.97. The van der Waals surface area contributed by atoms with Gasteiger partial charge in [-0.1, -0.05) is 51.0 Å². The van der Waals surface area contributed by atoms with E-state index in [4.69, 9.17) is 4.74 Å². The van der Waals surface area contributed by atoms with Crippen LogP contribution in [0, 0.1) is 35.2 Å². The third-order valence-corrected chi connectivity index (χ3v) is 7.33. The molecule has 0 saturated heterocycles. The molecule has 2 aliphatic rings. The van der Waals surface area contributed by atoms with Gasteiger partial charge in [0.2, 0.25) is 5.82 Å². The number of halogens is 3. The summed E-state index contributed by atoms with van der Waals surface area (Å²) in [5.74, 6) is -0.828. The van der Waals surface area contributed by atoms with Gasteiger partial charge in [0.1, 0.15) is 12.4 Å². The van der Waals surface area contributed by atoms with Gasteiger partial charge >= 0.3 is 0 Å². The predicted molar refractivity (Wildman–Crippen MR) is 115 cm³/mol. The molecule has 2 unspecified atom stereocenters. The normalized spacial score (nSPS) is 26.4. The quantitative estimate of drug-likeness (QED) is 0.435. The minimum absolute atomic E-state index is 0.0617. The molecule has 0 spiro atoms. The van der Waals surface area contributed by atoms with Crippen LogP contribution in [0.15, 0.2) is 30.9 Å². The lowest BCUT2D eigenvalue weighted by Crippen LogP contribution is -2.30. The molecule has 2 aromatic carbocycles. The second-order valence-corrected chi connectivity index (χ2v) is 9.17. The number of hydrogen-bond acceptors (Lipinski definition) is 1. The van der Waals surface area contributed by atoms with Gasteiger partial charge in [0, 0.05) is 0 Å². The second-order valence-electron chi connectivity index (χ2n) is 9.17. The van der Waals surface area contributed by atoms with E-state index in [1.807, 2.05) is 0 Å². The highest BCUT2D eigenvalue weighted by Gasteiger charge is 2.36. The van der Waals surface area contributed by atoms with E-state index in [2.05, 4.69) is 13.5 Å². The lowest BCUT2D eigenvalue weighted by Gasteiger charge is -2.42. The van der Waals surface area contributed by atoms with E-state index in [1.165, 1.54) is 44.2 Å². The number of ether oxygens (including phenoxy) is 1. The predicted octanol–water partition coefficient (Wildman–Crippen LogP) is 7.92. The molecule has 0 bridgehead atoms. The molecule has 0 amide bonds. The van der Waals surface area contributed by atoms with E-state index >= 15 is 4.39 Å². The van der Waals surface area contributed by atoms with Crippen LogP contribution in [0.3, 0.4) is 0 Å². The van der Waals surface area contributed by atoms with Crippen molar-refractivity contribution in [2.24, 2.45) is 17.8 Å². The van der Waals surface area contributed by atoms with Crippen LogP contribution in [0.25, 0.3) is 10.8 Å². The van der Waals surface area contributed by atoms with Crippen LogP contribution >= 0.6 is 0 Å². The summed E-state index contributed by atoms with van der Waals surface area (Å²) in [4.78, 5) is 0. The maximum absolute atomic E-state index is 15.4. The van der Waals surface area contributed by atoms with Gasteiger partial charge in [0.15, 0.2) is 11.6 Å². The Kier molecular flexibility index (Phi) is 6.40. The van der Waals surface area contributed by atoms with Crippen LogP contribution in [0.1, 0.15) is 69.8 Å². The van der Waals surface area contributed by atoms with Crippen molar-refractivity contribution in [1.82, 2.24) is 0 Å². The summed E-state index contributed by atoms with van der Waals surface area (Å²) in [6.45, 7) is 5.82. The average Bonchev–Trinajstić information content (AvgIpc) is 2.75. The topological polar surface area (TPSA) is 9.23 Å². The third kappa shape index (κ3) is 3.98. The highest BCUT2D eigenvalue weighted by molar-refractivity contribution is 5.86. The van der Waals surface area contributed by atoms with Crippen LogP contribution in [0.5, 0.6) is 5.75 Å². The Morgan fingerprint density at radius 2 is 1.77 bits per heavy atom. The Labute approximate surface area is 177 Å². The van der Waals surface area contributed by atoms with Gasteiger partial charge in [0.25, 0.3) is 0 Å². The summed E-state index contributed by atoms with van der Waals surface area (Å²) < 4.78 is 49.8. The molecule has 0 radical (unpaired) electrons. The van der Waals surface area contributed by atoms with Gasteiger partial charge in [-0.05, 0) is 72.8 Å². The fourth-order valence-electron chi connectivity index (χ4n) is 5.88. The SMILES string of the molecule is C=CCOc1cc2ccc([C@@H]3CC[C@@H]4CC(CCC)CCC4C3)c(F)c2c(F)c1F. The molecule has 0 aliphatic heterocycles. The Balaban J connectivity index is 1.59. The molecule has 30 heavy (non-hydrogen) atoms. The van der Waals surface area contributed by atoms with Gasteiger partial charge in [-0.25, -0.2) is 8.78 Å². The summed E-state index contributed by atoms with van der Waals surface area (Å²) >= 11 is 0. The number of hydrogen-bond donors (Lipinski definition) is 0. The zero-order valence-electron chi connectivity index (χ0n) is 17.7. The van der Waals surface area contributed by atoms with Crippen LogP contribution in [0.4, 0.5) is 13.2 Å². The van der Waals surface area contributed by atoms with Crippen molar-refractivity contribution in [3.05, 3.63) is 53.9 Å². The van der Waals surface area contributed by atoms with E-state index in [1.54, 1.807) is 12.1 Å². The summed E-state index contributed by atoms with van der Waals surface area (Å²) in [5, 5.41) is 0.0627. The van der Waals surface area contributed by atoms with E-state index in [0.29, 0.717) is 16.9 Å².